The van der Waals surface area contributed by atoms with Crippen molar-refractivity contribution in [2.24, 2.45) is 24.6 Å². The van der Waals surface area contributed by atoms with Gasteiger partial charge in [0.15, 0.2) is 0 Å². The molecule has 2 aromatic rings. The van der Waals surface area contributed by atoms with Gasteiger partial charge in [0.2, 0.25) is 5.91 Å². The number of rotatable bonds is 5. The first-order valence-corrected chi connectivity index (χ1v) is 9.32. The van der Waals surface area contributed by atoms with Gasteiger partial charge in [-0.3, -0.25) is 9.69 Å². The quantitative estimate of drug-likeness (QED) is 0.898. The summed E-state index contributed by atoms with van der Waals surface area (Å²) in [6, 6.07) is 12.0. The number of piperidine rings is 1. The van der Waals surface area contributed by atoms with E-state index in [-0.39, 0.29) is 11.5 Å². The second-order valence-electron chi connectivity index (χ2n) is 7.72. The molecule has 1 saturated carbocycles. The Kier molecular flexibility index (Phi) is 4.37. The third-order valence-electron chi connectivity index (χ3n) is 6.41. The Balaban J connectivity index is 1.62. The lowest BCUT2D eigenvalue weighted by Crippen LogP contribution is -2.52. The predicted molar refractivity (Wildman–Crippen MR) is 101 cm³/mol. The van der Waals surface area contributed by atoms with E-state index in [2.05, 4.69) is 40.9 Å². The van der Waals surface area contributed by atoms with Crippen molar-refractivity contribution in [2.45, 2.75) is 25.0 Å². The van der Waals surface area contributed by atoms with Crippen molar-refractivity contribution in [2.75, 3.05) is 20.2 Å². The highest BCUT2D eigenvalue weighted by molar-refractivity contribution is 5.92. The minimum atomic E-state index is -0.383. The van der Waals surface area contributed by atoms with Crippen LogP contribution in [0.15, 0.2) is 42.6 Å². The smallest absolute Gasteiger partial charge is 0.248 e. The molecule has 5 nitrogen and oxygen atoms in total. The molecular formula is C21H27N3O2. The lowest BCUT2D eigenvalue weighted by molar-refractivity contribution is -0.120. The van der Waals surface area contributed by atoms with Crippen molar-refractivity contribution >= 4 is 5.91 Å². The topological polar surface area (TPSA) is 60.5 Å². The molecule has 138 valence electrons. The van der Waals surface area contributed by atoms with Crippen LogP contribution in [0.3, 0.4) is 0 Å². The second kappa shape index (κ2) is 6.56. The number of aryl methyl sites for hydroxylation is 1. The maximum Gasteiger partial charge on any atom is 0.248 e. The molecule has 1 aliphatic carbocycles. The monoisotopic (exact) mass is 353 g/mol. The average molecular weight is 353 g/mol. The number of primary amides is 1. The van der Waals surface area contributed by atoms with Crippen molar-refractivity contribution in [3.05, 3.63) is 59.4 Å². The molecule has 5 heteroatoms. The van der Waals surface area contributed by atoms with Crippen LogP contribution in [0.4, 0.5) is 0 Å². The zero-order chi connectivity index (χ0) is 18.3. The van der Waals surface area contributed by atoms with Gasteiger partial charge < -0.3 is 15.0 Å². The summed E-state index contributed by atoms with van der Waals surface area (Å²) in [4.78, 5) is 14.2. The number of fused-ring (bicyclic) bond motifs is 2. The van der Waals surface area contributed by atoms with Crippen LogP contribution in [0.5, 0.6) is 0 Å². The van der Waals surface area contributed by atoms with Gasteiger partial charge in [-0.25, -0.2) is 0 Å². The van der Waals surface area contributed by atoms with Gasteiger partial charge >= 0.3 is 0 Å². The highest BCUT2D eigenvalue weighted by atomic mass is 16.5. The molecule has 2 N–H and O–H groups in total. The Morgan fingerprint density at radius 3 is 2.54 bits per heavy atom. The van der Waals surface area contributed by atoms with E-state index in [0.29, 0.717) is 17.4 Å². The number of hydrogen-bond donors (Lipinski definition) is 1. The van der Waals surface area contributed by atoms with E-state index in [1.165, 1.54) is 5.69 Å². The molecule has 1 aliphatic heterocycles. The molecule has 2 unspecified atom stereocenters. The van der Waals surface area contributed by atoms with E-state index in [4.69, 9.17) is 10.5 Å². The van der Waals surface area contributed by atoms with E-state index in [9.17, 15) is 4.79 Å². The van der Waals surface area contributed by atoms with Crippen LogP contribution in [0.1, 0.15) is 34.5 Å². The molecule has 4 rings (SSSR count). The lowest BCUT2D eigenvalue weighted by Gasteiger charge is -2.47. The highest BCUT2D eigenvalue weighted by Gasteiger charge is 2.55. The molecule has 0 spiro atoms. The van der Waals surface area contributed by atoms with Crippen LogP contribution in [0.25, 0.3) is 0 Å². The summed E-state index contributed by atoms with van der Waals surface area (Å²) in [5.74, 6) is 0.468. The first-order chi connectivity index (χ1) is 12.5. The SMILES string of the molecule is COC1(c2cccc(C(N)=O)c2)C2CCC1CN(Cc1cccn1C)C2. The molecule has 0 radical (unpaired) electrons. The minimum Gasteiger partial charge on any atom is -0.373 e. The third-order valence-corrected chi connectivity index (χ3v) is 6.41. The number of carbonyl (C=O) groups is 1. The fraction of sp³-hybridized carbons (Fsp3) is 0.476. The van der Waals surface area contributed by atoms with Crippen molar-refractivity contribution in [3.63, 3.8) is 0 Å². The van der Waals surface area contributed by atoms with Gasteiger partial charge in [-0.2, -0.15) is 0 Å². The zero-order valence-corrected chi connectivity index (χ0v) is 15.5. The number of carbonyl (C=O) groups excluding carboxylic acids is 1. The first kappa shape index (κ1) is 17.3. The van der Waals surface area contributed by atoms with Gasteiger partial charge in [0.05, 0.1) is 0 Å². The maximum absolute atomic E-state index is 11.6. The van der Waals surface area contributed by atoms with E-state index in [1.54, 1.807) is 6.07 Å². The third kappa shape index (κ3) is 2.66. The number of hydrogen-bond acceptors (Lipinski definition) is 3. The zero-order valence-electron chi connectivity index (χ0n) is 15.5. The number of benzene rings is 1. The number of likely N-dealkylation sites (tertiary alicyclic amines) is 1. The van der Waals surface area contributed by atoms with Crippen molar-refractivity contribution in [3.8, 4) is 0 Å². The van der Waals surface area contributed by atoms with Crippen LogP contribution in [-0.2, 0) is 23.9 Å². The van der Waals surface area contributed by atoms with Gasteiger partial charge in [-0.1, -0.05) is 12.1 Å². The van der Waals surface area contributed by atoms with E-state index in [0.717, 1.165) is 38.0 Å². The highest BCUT2D eigenvalue weighted by Crippen LogP contribution is 2.53. The summed E-state index contributed by atoms with van der Waals surface area (Å²) in [5, 5.41) is 0. The predicted octanol–water partition coefficient (Wildman–Crippen LogP) is 2.51. The molecule has 2 heterocycles. The van der Waals surface area contributed by atoms with Crippen LogP contribution in [0.2, 0.25) is 0 Å². The summed E-state index contributed by atoms with van der Waals surface area (Å²) in [5.41, 5.74) is 8.19. The van der Waals surface area contributed by atoms with Crippen molar-refractivity contribution in [1.29, 1.82) is 0 Å². The number of methoxy groups -OCH3 is 1. The standard InChI is InChI=1S/C21H27N3O2/c1-23-10-4-7-19(23)14-24-12-17-8-9-18(13-24)21(17,26-2)16-6-3-5-15(11-16)20(22)25/h3-7,10-11,17-18H,8-9,12-14H2,1-2H3,(H2,22,25). The van der Waals surface area contributed by atoms with Crippen LogP contribution in [-0.4, -0.2) is 35.6 Å². The van der Waals surface area contributed by atoms with Gasteiger partial charge in [-0.15, -0.1) is 0 Å². The van der Waals surface area contributed by atoms with E-state index in [1.807, 2.05) is 19.2 Å². The summed E-state index contributed by atoms with van der Waals surface area (Å²) >= 11 is 0. The Morgan fingerprint density at radius 2 is 1.96 bits per heavy atom. The van der Waals surface area contributed by atoms with Crippen molar-refractivity contribution in [1.82, 2.24) is 9.47 Å². The molecule has 1 aromatic heterocycles. The minimum absolute atomic E-state index is 0.309. The number of nitrogens with zero attached hydrogens (tertiary/aromatic N) is 2. The molecule has 2 fully saturated rings. The molecule has 26 heavy (non-hydrogen) atoms. The lowest BCUT2D eigenvalue weighted by atomic mass is 9.74. The Morgan fingerprint density at radius 1 is 1.23 bits per heavy atom. The molecular weight excluding hydrogens is 326 g/mol. The molecule has 1 saturated heterocycles. The van der Waals surface area contributed by atoms with E-state index >= 15 is 0 Å². The van der Waals surface area contributed by atoms with Gasteiger partial charge in [0, 0.05) is 63.1 Å². The maximum atomic E-state index is 11.6. The fourth-order valence-corrected chi connectivity index (χ4v) is 5.17. The Bertz CT molecular complexity index is 799. The second-order valence-corrected chi connectivity index (χ2v) is 7.72. The van der Waals surface area contributed by atoms with Gasteiger partial charge in [-0.05, 0) is 42.7 Å². The largest absolute Gasteiger partial charge is 0.373 e. The summed E-state index contributed by atoms with van der Waals surface area (Å²) in [6.45, 7) is 2.99. The normalized spacial score (nSPS) is 28.4. The van der Waals surface area contributed by atoms with Crippen LogP contribution in [0, 0.1) is 11.8 Å². The number of amides is 1. The Labute approximate surface area is 154 Å². The van der Waals surface area contributed by atoms with Gasteiger partial charge in [0.1, 0.15) is 5.60 Å². The fourth-order valence-electron chi connectivity index (χ4n) is 5.17. The van der Waals surface area contributed by atoms with Crippen LogP contribution >= 0.6 is 0 Å². The summed E-state index contributed by atoms with van der Waals surface area (Å²) in [6.07, 6.45) is 4.41. The molecule has 1 amide bonds. The van der Waals surface area contributed by atoms with Gasteiger partial charge in [0.25, 0.3) is 0 Å². The molecule has 1 aromatic carbocycles. The molecule has 2 bridgehead atoms. The Hall–Kier alpha value is -2.11. The number of nitrogens with two attached hydrogens (primary N) is 1. The summed E-state index contributed by atoms with van der Waals surface area (Å²) < 4.78 is 8.40. The summed E-state index contributed by atoms with van der Waals surface area (Å²) in [7, 11) is 3.91. The van der Waals surface area contributed by atoms with Crippen LogP contribution < -0.4 is 5.73 Å². The number of ether oxygens (including phenoxy) is 1. The first-order valence-electron chi connectivity index (χ1n) is 9.32. The number of aromatic nitrogens is 1. The molecule has 2 atom stereocenters. The average Bonchev–Trinajstić information content (AvgIpc) is 3.12. The van der Waals surface area contributed by atoms with Crippen molar-refractivity contribution < 1.29 is 9.53 Å². The molecule has 2 aliphatic rings. The van der Waals surface area contributed by atoms with E-state index < -0.39 is 0 Å².